The number of rotatable bonds is 4. The topological polar surface area (TPSA) is 87.7 Å². The first kappa shape index (κ1) is 20.9. The maximum atomic E-state index is 12.6. The largest absolute Gasteiger partial charge is 0.379 e. The van der Waals surface area contributed by atoms with Gasteiger partial charge in [0.2, 0.25) is 10.0 Å². The van der Waals surface area contributed by atoms with Crippen molar-refractivity contribution in [2.24, 2.45) is 0 Å². The van der Waals surface area contributed by atoms with Crippen LogP contribution in [0.5, 0.6) is 0 Å². The average molecular weight is 484 g/mol. The molecule has 2 N–H and O–H groups in total. The monoisotopic (exact) mass is 483 g/mol. The molecule has 2 aromatic rings. The fraction of sp³-hybridized carbons (Fsp3) is 0.222. The van der Waals surface area contributed by atoms with E-state index in [1.165, 1.54) is 16.4 Å². The van der Waals surface area contributed by atoms with E-state index in [1.54, 1.807) is 30.3 Å². The summed E-state index contributed by atoms with van der Waals surface area (Å²) in [7, 11) is -3.55. The summed E-state index contributed by atoms with van der Waals surface area (Å²) in [5, 5.41) is 5.58. The van der Waals surface area contributed by atoms with Gasteiger partial charge >= 0.3 is 0 Å². The molecule has 0 atom stereocenters. The summed E-state index contributed by atoms with van der Waals surface area (Å²) in [5.41, 5.74) is 1.02. The van der Waals surface area contributed by atoms with Crippen LogP contribution >= 0.6 is 28.1 Å². The number of anilines is 1. The number of halogens is 1. The van der Waals surface area contributed by atoms with E-state index in [4.69, 9.17) is 17.0 Å². The van der Waals surface area contributed by atoms with Crippen LogP contribution in [0.1, 0.15) is 10.4 Å². The van der Waals surface area contributed by atoms with E-state index in [2.05, 4.69) is 26.6 Å². The molecule has 1 aliphatic heterocycles. The van der Waals surface area contributed by atoms with Crippen LogP contribution in [-0.2, 0) is 14.8 Å². The number of amides is 1. The molecule has 0 bridgehead atoms. The zero-order valence-corrected chi connectivity index (χ0v) is 17.9. The highest BCUT2D eigenvalue weighted by Crippen LogP contribution is 2.20. The molecule has 0 aromatic heterocycles. The second kappa shape index (κ2) is 9.10. The molecule has 1 heterocycles. The molecule has 0 unspecified atom stereocenters. The Morgan fingerprint density at radius 2 is 1.71 bits per heavy atom. The van der Waals surface area contributed by atoms with E-state index >= 15 is 0 Å². The molecule has 28 heavy (non-hydrogen) atoms. The zero-order chi connectivity index (χ0) is 20.1. The van der Waals surface area contributed by atoms with Crippen LogP contribution in [0.4, 0.5) is 5.69 Å². The van der Waals surface area contributed by atoms with Gasteiger partial charge in [-0.3, -0.25) is 10.1 Å². The standard InChI is InChI=1S/C18H18BrN3O4S2/c19-16-4-2-1-3-15(16)17(23)21-18(27)20-13-5-7-14(8-6-13)28(24,25)22-9-11-26-12-10-22/h1-8H,9-12H2,(H2,20,21,23,27). The van der Waals surface area contributed by atoms with E-state index in [-0.39, 0.29) is 15.9 Å². The van der Waals surface area contributed by atoms with Crippen molar-refractivity contribution in [3.05, 3.63) is 58.6 Å². The second-order valence-electron chi connectivity index (χ2n) is 5.93. The van der Waals surface area contributed by atoms with Gasteiger partial charge in [0.25, 0.3) is 5.91 Å². The maximum Gasteiger partial charge on any atom is 0.258 e. The van der Waals surface area contributed by atoms with E-state index < -0.39 is 10.0 Å². The molecule has 2 aromatic carbocycles. The highest BCUT2D eigenvalue weighted by Gasteiger charge is 2.26. The van der Waals surface area contributed by atoms with Crippen molar-refractivity contribution in [1.29, 1.82) is 0 Å². The molecule has 0 radical (unpaired) electrons. The minimum atomic E-state index is -3.55. The molecule has 0 spiro atoms. The van der Waals surface area contributed by atoms with Crippen LogP contribution in [0.2, 0.25) is 0 Å². The summed E-state index contributed by atoms with van der Waals surface area (Å²) >= 11 is 8.49. The summed E-state index contributed by atoms with van der Waals surface area (Å²) in [5.74, 6) is -0.350. The molecular formula is C18H18BrN3O4S2. The van der Waals surface area contributed by atoms with Crippen molar-refractivity contribution < 1.29 is 17.9 Å². The van der Waals surface area contributed by atoms with Crippen LogP contribution < -0.4 is 10.6 Å². The first-order valence-corrected chi connectivity index (χ1v) is 11.1. The van der Waals surface area contributed by atoms with E-state index in [9.17, 15) is 13.2 Å². The normalized spacial score (nSPS) is 15.0. The minimum Gasteiger partial charge on any atom is -0.379 e. The molecule has 7 nitrogen and oxygen atoms in total. The number of nitrogens with zero attached hydrogens (tertiary/aromatic N) is 1. The van der Waals surface area contributed by atoms with Crippen molar-refractivity contribution in [3.8, 4) is 0 Å². The SMILES string of the molecule is O=C(NC(=S)Nc1ccc(S(=O)(=O)N2CCOCC2)cc1)c1ccccc1Br. The Bertz CT molecular complexity index is 975. The zero-order valence-electron chi connectivity index (χ0n) is 14.7. The second-order valence-corrected chi connectivity index (χ2v) is 9.13. The molecule has 1 fully saturated rings. The Balaban J connectivity index is 1.63. The number of morpholine rings is 1. The molecule has 1 saturated heterocycles. The summed E-state index contributed by atoms with van der Waals surface area (Å²) < 4.78 is 32.5. The van der Waals surface area contributed by atoms with Gasteiger partial charge in [-0.2, -0.15) is 4.31 Å². The van der Waals surface area contributed by atoms with Crippen LogP contribution in [0.3, 0.4) is 0 Å². The fourth-order valence-electron chi connectivity index (χ4n) is 2.62. The molecule has 148 valence electrons. The molecule has 3 rings (SSSR count). The van der Waals surface area contributed by atoms with Gasteiger partial charge in [-0.05, 0) is 64.5 Å². The van der Waals surface area contributed by atoms with Crippen molar-refractivity contribution in [3.63, 3.8) is 0 Å². The highest BCUT2D eigenvalue weighted by atomic mass is 79.9. The lowest BCUT2D eigenvalue weighted by atomic mass is 10.2. The summed E-state index contributed by atoms with van der Waals surface area (Å²) in [6, 6.07) is 13.2. The smallest absolute Gasteiger partial charge is 0.258 e. The van der Waals surface area contributed by atoms with Gasteiger partial charge in [0.05, 0.1) is 23.7 Å². The Morgan fingerprint density at radius 3 is 2.36 bits per heavy atom. The number of hydrogen-bond acceptors (Lipinski definition) is 5. The van der Waals surface area contributed by atoms with Crippen LogP contribution in [-0.4, -0.2) is 50.0 Å². The van der Waals surface area contributed by atoms with Gasteiger partial charge < -0.3 is 10.1 Å². The quantitative estimate of drug-likeness (QED) is 0.649. The number of nitrogens with one attached hydrogen (secondary N) is 2. The van der Waals surface area contributed by atoms with Crippen molar-refractivity contribution in [2.45, 2.75) is 4.90 Å². The molecular weight excluding hydrogens is 466 g/mol. The van der Waals surface area contributed by atoms with E-state index in [0.717, 1.165) is 0 Å². The summed E-state index contributed by atoms with van der Waals surface area (Å²) in [6.07, 6.45) is 0. The van der Waals surface area contributed by atoms with Gasteiger partial charge in [0.1, 0.15) is 0 Å². The fourth-order valence-corrected chi connectivity index (χ4v) is 4.71. The van der Waals surface area contributed by atoms with Gasteiger partial charge in [-0.25, -0.2) is 8.42 Å². The first-order chi connectivity index (χ1) is 13.4. The Morgan fingerprint density at radius 1 is 1.07 bits per heavy atom. The van der Waals surface area contributed by atoms with Gasteiger partial charge in [-0.1, -0.05) is 12.1 Å². The molecule has 0 saturated carbocycles. The van der Waals surface area contributed by atoms with Crippen molar-refractivity contribution >= 4 is 54.9 Å². The maximum absolute atomic E-state index is 12.6. The van der Waals surface area contributed by atoms with E-state index in [1.807, 2.05) is 6.07 Å². The van der Waals surface area contributed by atoms with Crippen molar-refractivity contribution in [1.82, 2.24) is 9.62 Å². The lowest BCUT2D eigenvalue weighted by Gasteiger charge is -2.26. The number of carbonyl (C=O) groups is 1. The van der Waals surface area contributed by atoms with Gasteiger partial charge in [-0.15, -0.1) is 0 Å². The number of sulfonamides is 1. The molecule has 1 aliphatic rings. The number of thiocarbonyl (C=S) groups is 1. The average Bonchev–Trinajstić information content (AvgIpc) is 2.69. The van der Waals surface area contributed by atoms with Crippen LogP contribution in [0.15, 0.2) is 57.9 Å². The molecule has 0 aliphatic carbocycles. The molecule has 1 amide bonds. The third kappa shape index (κ3) is 4.95. The summed E-state index contributed by atoms with van der Waals surface area (Å²) in [4.78, 5) is 12.5. The third-order valence-electron chi connectivity index (χ3n) is 4.07. The van der Waals surface area contributed by atoms with Gasteiger partial charge in [0.15, 0.2) is 5.11 Å². The lowest BCUT2D eigenvalue weighted by Crippen LogP contribution is -2.40. The van der Waals surface area contributed by atoms with Gasteiger partial charge in [0, 0.05) is 23.2 Å². The number of carbonyl (C=O) groups excluding carboxylic acids is 1. The Labute approximate surface area is 177 Å². The summed E-state index contributed by atoms with van der Waals surface area (Å²) in [6.45, 7) is 1.47. The Kier molecular flexibility index (Phi) is 6.78. The van der Waals surface area contributed by atoms with Crippen LogP contribution in [0.25, 0.3) is 0 Å². The minimum absolute atomic E-state index is 0.115. The lowest BCUT2D eigenvalue weighted by molar-refractivity contribution is 0.0730. The predicted octanol–water partition coefficient (Wildman–Crippen LogP) is 2.60. The highest BCUT2D eigenvalue weighted by molar-refractivity contribution is 9.10. The predicted molar refractivity (Wildman–Crippen MR) is 114 cm³/mol. The number of ether oxygens (including phenoxy) is 1. The first-order valence-electron chi connectivity index (χ1n) is 8.43. The number of benzene rings is 2. The van der Waals surface area contributed by atoms with E-state index in [0.29, 0.717) is 42.0 Å². The third-order valence-corrected chi connectivity index (χ3v) is 6.87. The van der Waals surface area contributed by atoms with Crippen molar-refractivity contribution in [2.75, 3.05) is 31.6 Å². The number of hydrogen-bond donors (Lipinski definition) is 2. The molecule has 10 heteroatoms. The Hall–Kier alpha value is -1.85. The van der Waals surface area contributed by atoms with Crippen LogP contribution in [0, 0.1) is 0 Å².